The molecule has 0 saturated heterocycles. The van der Waals surface area contributed by atoms with Crippen molar-refractivity contribution in [1.29, 1.82) is 0 Å². The SMILES string of the molecule is CC(C)(C)OC(=O)C1(C(=O)OC(C)(C)C)OC(N)=N[C@](C)(c2nc(Br)ccc2F)C1(F)F. The molecule has 1 aromatic heterocycles. The molecule has 0 spiro atoms. The minimum absolute atomic E-state index is 0.00586. The van der Waals surface area contributed by atoms with Gasteiger partial charge >= 0.3 is 23.5 Å². The van der Waals surface area contributed by atoms with Crippen molar-refractivity contribution in [3.05, 3.63) is 28.2 Å². The predicted molar refractivity (Wildman–Crippen MR) is 111 cm³/mol. The monoisotopic (exact) mass is 523 g/mol. The second-order valence-electron chi connectivity index (χ2n) is 9.35. The third-order valence-corrected chi connectivity index (χ3v) is 4.73. The summed E-state index contributed by atoms with van der Waals surface area (Å²) >= 11 is 2.99. The number of amidine groups is 1. The highest BCUT2D eigenvalue weighted by molar-refractivity contribution is 9.10. The largest absolute Gasteiger partial charge is 0.456 e. The van der Waals surface area contributed by atoms with Gasteiger partial charge in [0.05, 0.1) is 0 Å². The van der Waals surface area contributed by atoms with E-state index < -0.39 is 57.7 Å². The van der Waals surface area contributed by atoms with Crippen molar-refractivity contribution in [3.63, 3.8) is 0 Å². The number of alkyl halides is 2. The predicted octanol–water partition coefficient (Wildman–Crippen LogP) is 3.60. The number of aliphatic imine (C=N–C) groups is 1. The summed E-state index contributed by atoms with van der Waals surface area (Å²) in [4.78, 5) is 33.6. The molecule has 0 radical (unpaired) electrons. The Morgan fingerprint density at radius 2 is 1.53 bits per heavy atom. The van der Waals surface area contributed by atoms with Gasteiger partial charge in [-0.3, -0.25) is 0 Å². The van der Waals surface area contributed by atoms with Crippen LogP contribution in [0.15, 0.2) is 21.7 Å². The maximum Gasteiger partial charge on any atom is 0.369 e. The molecule has 178 valence electrons. The highest BCUT2D eigenvalue weighted by Crippen LogP contribution is 2.53. The molecule has 32 heavy (non-hydrogen) atoms. The molecule has 0 saturated carbocycles. The van der Waals surface area contributed by atoms with Gasteiger partial charge in [-0.25, -0.2) is 24.0 Å². The molecule has 1 aliphatic rings. The molecule has 0 aromatic carbocycles. The number of pyridine rings is 1. The van der Waals surface area contributed by atoms with E-state index in [1.807, 2.05) is 0 Å². The number of hydrogen-bond donors (Lipinski definition) is 1. The summed E-state index contributed by atoms with van der Waals surface area (Å²) in [6.07, 6.45) is 0. The Morgan fingerprint density at radius 3 is 1.97 bits per heavy atom. The number of nitrogens with two attached hydrogens (primary N) is 1. The normalized spacial score (nSPS) is 22.4. The molecule has 1 aromatic rings. The first-order valence-electron chi connectivity index (χ1n) is 9.48. The Hall–Kier alpha value is -2.37. The minimum atomic E-state index is -4.57. The number of esters is 2. The van der Waals surface area contributed by atoms with Crippen LogP contribution in [0.4, 0.5) is 13.2 Å². The zero-order valence-electron chi connectivity index (χ0n) is 18.7. The van der Waals surface area contributed by atoms with E-state index in [-0.39, 0.29) is 4.60 Å². The molecule has 12 heteroatoms. The number of ether oxygens (including phenoxy) is 3. The smallest absolute Gasteiger partial charge is 0.369 e. The van der Waals surface area contributed by atoms with Crippen molar-refractivity contribution in [2.45, 2.75) is 76.7 Å². The number of nitrogens with zero attached hydrogens (tertiary/aromatic N) is 2. The Bertz CT molecular complexity index is 944. The second kappa shape index (κ2) is 7.89. The number of hydrogen-bond acceptors (Lipinski definition) is 8. The Balaban J connectivity index is 2.87. The lowest BCUT2D eigenvalue weighted by Gasteiger charge is -2.47. The third kappa shape index (κ3) is 4.41. The number of rotatable bonds is 3. The molecule has 0 fully saturated rings. The van der Waals surface area contributed by atoms with Gasteiger partial charge in [0, 0.05) is 0 Å². The maximum atomic E-state index is 16.3. The maximum absolute atomic E-state index is 16.3. The lowest BCUT2D eigenvalue weighted by Crippen LogP contribution is -2.73. The van der Waals surface area contributed by atoms with Gasteiger partial charge in [-0.2, -0.15) is 8.78 Å². The second-order valence-corrected chi connectivity index (χ2v) is 10.2. The number of carbonyl (C=O) groups excluding carboxylic acids is 2. The van der Waals surface area contributed by atoms with E-state index in [0.29, 0.717) is 0 Å². The average Bonchev–Trinajstić information content (AvgIpc) is 2.57. The van der Waals surface area contributed by atoms with E-state index in [1.54, 1.807) is 0 Å². The highest BCUT2D eigenvalue weighted by atomic mass is 79.9. The molecule has 1 aliphatic heterocycles. The van der Waals surface area contributed by atoms with Crippen LogP contribution >= 0.6 is 15.9 Å². The van der Waals surface area contributed by atoms with Crippen molar-refractivity contribution >= 4 is 33.9 Å². The van der Waals surface area contributed by atoms with Crippen LogP contribution in [0.3, 0.4) is 0 Å². The molecular weight excluding hydrogens is 499 g/mol. The summed E-state index contributed by atoms with van der Waals surface area (Å²) < 4.78 is 62.4. The standard InChI is InChI=1S/C20H25BrF3N3O5/c1-16(2,3)30-13(28)19(14(29)31-17(4,5)6)20(23,24)18(7,27-15(25)32-19)12-10(22)8-9-11(21)26-12/h8-9H,1-7H3,(H2,25,27)/t18-/m1/s1. The molecule has 8 nitrogen and oxygen atoms in total. The van der Waals surface area contributed by atoms with Gasteiger partial charge in [0.15, 0.2) is 5.54 Å². The Morgan fingerprint density at radius 1 is 1.06 bits per heavy atom. The molecule has 2 rings (SSSR count). The van der Waals surface area contributed by atoms with Crippen molar-refractivity contribution < 1.29 is 37.0 Å². The van der Waals surface area contributed by atoms with E-state index in [0.717, 1.165) is 13.0 Å². The van der Waals surface area contributed by atoms with Crippen LogP contribution in [0.5, 0.6) is 0 Å². The molecule has 0 aliphatic carbocycles. The van der Waals surface area contributed by atoms with Gasteiger partial charge in [0.2, 0.25) is 0 Å². The topological polar surface area (TPSA) is 113 Å². The van der Waals surface area contributed by atoms with E-state index >= 15 is 8.78 Å². The van der Waals surface area contributed by atoms with Crippen LogP contribution in [-0.2, 0) is 29.3 Å². The summed E-state index contributed by atoms with van der Waals surface area (Å²) in [7, 11) is 0. The fourth-order valence-corrected chi connectivity index (χ4v) is 3.27. The fraction of sp³-hybridized carbons (Fsp3) is 0.600. The van der Waals surface area contributed by atoms with Crippen LogP contribution in [-0.4, -0.2) is 45.7 Å². The molecule has 2 heterocycles. The fourth-order valence-electron chi connectivity index (χ4n) is 2.96. The van der Waals surface area contributed by atoms with Gasteiger partial charge in [-0.05, 0) is 76.5 Å². The summed E-state index contributed by atoms with van der Waals surface area (Å²) in [5.74, 6) is -9.29. The lowest BCUT2D eigenvalue weighted by molar-refractivity contribution is -0.251. The average molecular weight is 524 g/mol. The van der Waals surface area contributed by atoms with Gasteiger partial charge < -0.3 is 19.9 Å². The Kier molecular flexibility index (Phi) is 6.38. The lowest BCUT2D eigenvalue weighted by atomic mass is 9.77. The zero-order valence-corrected chi connectivity index (χ0v) is 20.3. The zero-order chi connectivity index (χ0) is 24.9. The third-order valence-electron chi connectivity index (χ3n) is 4.29. The van der Waals surface area contributed by atoms with Crippen LogP contribution < -0.4 is 5.73 Å². The molecule has 0 bridgehead atoms. The number of aromatic nitrogens is 1. The van der Waals surface area contributed by atoms with Gasteiger partial charge in [0.25, 0.3) is 6.02 Å². The highest BCUT2D eigenvalue weighted by Gasteiger charge is 2.80. The summed E-state index contributed by atoms with van der Waals surface area (Å²) in [6, 6.07) is 1.08. The summed E-state index contributed by atoms with van der Waals surface area (Å²) in [5.41, 5.74) is -4.50. The first kappa shape index (κ1) is 25.9. The van der Waals surface area contributed by atoms with E-state index in [2.05, 4.69) is 25.9 Å². The number of carbonyl (C=O) groups is 2. The quantitative estimate of drug-likeness (QED) is 0.365. The van der Waals surface area contributed by atoms with Crippen molar-refractivity contribution in [2.24, 2.45) is 10.7 Å². The van der Waals surface area contributed by atoms with Crippen LogP contribution in [0, 0.1) is 5.82 Å². The van der Waals surface area contributed by atoms with Gasteiger partial charge in [-0.1, -0.05) is 0 Å². The van der Waals surface area contributed by atoms with Crippen molar-refractivity contribution in [1.82, 2.24) is 4.98 Å². The molecule has 0 unspecified atom stereocenters. The molecule has 0 amide bonds. The van der Waals surface area contributed by atoms with Crippen LogP contribution in [0.2, 0.25) is 0 Å². The van der Waals surface area contributed by atoms with Gasteiger partial charge in [-0.15, -0.1) is 0 Å². The molecular formula is C20H25BrF3N3O5. The first-order chi connectivity index (χ1) is 14.3. The van der Waals surface area contributed by atoms with Crippen molar-refractivity contribution in [2.75, 3.05) is 0 Å². The van der Waals surface area contributed by atoms with Crippen molar-refractivity contribution in [3.8, 4) is 0 Å². The van der Waals surface area contributed by atoms with Crippen LogP contribution in [0.25, 0.3) is 0 Å². The molecule has 1 atom stereocenters. The van der Waals surface area contributed by atoms with Crippen LogP contribution in [0.1, 0.15) is 54.2 Å². The number of halogens is 4. The van der Waals surface area contributed by atoms with E-state index in [1.165, 1.54) is 47.6 Å². The first-order valence-corrected chi connectivity index (χ1v) is 10.3. The summed E-state index contributed by atoms with van der Waals surface area (Å²) in [6.45, 7) is 9.20. The molecule has 2 N–H and O–H groups in total. The summed E-state index contributed by atoms with van der Waals surface area (Å²) in [5, 5.41) is 0. The Labute approximate surface area is 191 Å². The van der Waals surface area contributed by atoms with Gasteiger partial charge in [0.1, 0.15) is 27.3 Å². The minimum Gasteiger partial charge on any atom is -0.456 e. The van der Waals surface area contributed by atoms with E-state index in [4.69, 9.17) is 19.9 Å². The van der Waals surface area contributed by atoms with E-state index in [9.17, 15) is 14.0 Å².